The van der Waals surface area contributed by atoms with E-state index in [-0.39, 0.29) is 0 Å². The predicted octanol–water partition coefficient (Wildman–Crippen LogP) is 6.45. The number of allylic oxidation sites excluding steroid dienone is 4. The molecule has 1 atom stereocenters. The van der Waals surface area contributed by atoms with Gasteiger partial charge >= 0.3 is 0 Å². The molecule has 0 aliphatic carbocycles. The highest BCUT2D eigenvalue weighted by Gasteiger charge is 2.15. The van der Waals surface area contributed by atoms with Crippen LogP contribution in [-0.4, -0.2) is 62.3 Å². The van der Waals surface area contributed by atoms with Crippen molar-refractivity contribution in [3.8, 4) is 0 Å². The van der Waals surface area contributed by atoms with Crippen molar-refractivity contribution >= 4 is 0 Å². The van der Waals surface area contributed by atoms with E-state index in [1.54, 1.807) is 0 Å². The van der Waals surface area contributed by atoms with E-state index in [0.717, 1.165) is 19.6 Å². The quantitative estimate of drug-likeness (QED) is 0.192. The molecule has 0 aromatic carbocycles. The summed E-state index contributed by atoms with van der Waals surface area (Å²) in [5.41, 5.74) is 0. The van der Waals surface area contributed by atoms with Crippen LogP contribution in [0.1, 0.15) is 90.9 Å². The molecule has 1 saturated heterocycles. The highest BCUT2D eigenvalue weighted by molar-refractivity contribution is 4.92. The average molecular weight is 407 g/mol. The molecule has 1 heterocycles. The molecule has 0 N–H and O–H groups in total. The minimum absolute atomic E-state index is 0.372. The van der Waals surface area contributed by atoms with Crippen molar-refractivity contribution in [2.24, 2.45) is 0 Å². The van der Waals surface area contributed by atoms with Crippen molar-refractivity contribution in [2.75, 3.05) is 46.4 Å². The van der Waals surface area contributed by atoms with Crippen LogP contribution in [0.15, 0.2) is 24.3 Å². The molecule has 1 fully saturated rings. The molecule has 1 rings (SSSR count). The molecular weight excluding hydrogens is 356 g/mol. The predicted molar refractivity (Wildman–Crippen MR) is 129 cm³/mol. The van der Waals surface area contributed by atoms with Gasteiger partial charge in [-0.1, -0.05) is 69.8 Å². The first-order valence-corrected chi connectivity index (χ1v) is 12.5. The fourth-order valence-corrected chi connectivity index (χ4v) is 3.82. The number of nitrogens with zero attached hydrogens (tertiary/aromatic N) is 2. The van der Waals surface area contributed by atoms with Crippen molar-refractivity contribution in [1.82, 2.24) is 9.80 Å². The third kappa shape index (κ3) is 16.8. The SMILES string of the molecule is CCCCC/C=C\C/C=C\CCCCCCCCOC(C)CN1CCN(C)CC1. The van der Waals surface area contributed by atoms with E-state index in [1.807, 2.05) is 0 Å². The minimum atomic E-state index is 0.372. The van der Waals surface area contributed by atoms with E-state index < -0.39 is 0 Å². The Morgan fingerprint density at radius 2 is 1.34 bits per heavy atom. The molecule has 0 amide bonds. The van der Waals surface area contributed by atoms with Crippen molar-refractivity contribution in [3.05, 3.63) is 24.3 Å². The largest absolute Gasteiger partial charge is 0.377 e. The van der Waals surface area contributed by atoms with Gasteiger partial charge in [0.15, 0.2) is 0 Å². The zero-order valence-electron chi connectivity index (χ0n) is 19.9. The number of unbranched alkanes of at least 4 members (excludes halogenated alkanes) is 9. The molecule has 0 aromatic heterocycles. The van der Waals surface area contributed by atoms with Crippen LogP contribution in [0.2, 0.25) is 0 Å². The molecule has 0 radical (unpaired) electrons. The van der Waals surface area contributed by atoms with Crippen molar-refractivity contribution in [2.45, 2.75) is 97.0 Å². The lowest BCUT2D eigenvalue weighted by atomic mass is 10.1. The van der Waals surface area contributed by atoms with Crippen LogP contribution in [0.5, 0.6) is 0 Å². The maximum atomic E-state index is 6.02. The molecule has 3 nitrogen and oxygen atoms in total. The summed E-state index contributed by atoms with van der Waals surface area (Å²) in [6, 6.07) is 0. The van der Waals surface area contributed by atoms with Crippen LogP contribution in [0, 0.1) is 0 Å². The molecule has 0 bridgehead atoms. The van der Waals surface area contributed by atoms with E-state index in [4.69, 9.17) is 4.74 Å². The average Bonchev–Trinajstić information content (AvgIpc) is 2.72. The van der Waals surface area contributed by atoms with Gasteiger partial charge in [-0.25, -0.2) is 0 Å². The standard InChI is InChI=1S/C26H50N2O/c1-4-5-6-7-8-9-10-11-12-13-14-15-16-17-18-19-24-29-26(2)25-28-22-20-27(3)21-23-28/h8-9,11-12,26H,4-7,10,13-25H2,1-3H3/b9-8-,12-11-. The lowest BCUT2D eigenvalue weighted by molar-refractivity contribution is 0.0245. The van der Waals surface area contributed by atoms with E-state index in [0.29, 0.717) is 6.10 Å². The Morgan fingerprint density at radius 1 is 0.759 bits per heavy atom. The van der Waals surface area contributed by atoms with Crippen LogP contribution in [0.25, 0.3) is 0 Å². The zero-order chi connectivity index (χ0) is 21.0. The van der Waals surface area contributed by atoms with Gasteiger partial charge in [0.1, 0.15) is 0 Å². The number of hydrogen-bond donors (Lipinski definition) is 0. The van der Waals surface area contributed by atoms with Gasteiger partial charge in [-0.2, -0.15) is 0 Å². The summed E-state index contributed by atoms with van der Waals surface area (Å²) in [4.78, 5) is 4.95. The molecule has 29 heavy (non-hydrogen) atoms. The van der Waals surface area contributed by atoms with Gasteiger partial charge in [-0.15, -0.1) is 0 Å². The Bertz CT molecular complexity index is 400. The maximum Gasteiger partial charge on any atom is 0.0673 e. The molecule has 1 unspecified atom stereocenters. The molecule has 0 spiro atoms. The van der Waals surface area contributed by atoms with E-state index in [9.17, 15) is 0 Å². The lowest BCUT2D eigenvalue weighted by Gasteiger charge is -2.33. The van der Waals surface area contributed by atoms with Gasteiger partial charge in [0, 0.05) is 39.3 Å². The molecule has 1 aliphatic heterocycles. The zero-order valence-corrected chi connectivity index (χ0v) is 19.9. The second-order valence-electron chi connectivity index (χ2n) is 8.87. The number of likely N-dealkylation sites (N-methyl/N-ethyl adjacent to an activating group) is 1. The Morgan fingerprint density at radius 3 is 2.00 bits per heavy atom. The second kappa shape index (κ2) is 19.3. The van der Waals surface area contributed by atoms with Gasteiger partial charge in [0.05, 0.1) is 6.10 Å². The first-order chi connectivity index (χ1) is 14.2. The molecule has 0 saturated carbocycles. The number of rotatable bonds is 18. The summed E-state index contributed by atoms with van der Waals surface area (Å²) < 4.78 is 6.02. The fourth-order valence-electron chi connectivity index (χ4n) is 3.82. The van der Waals surface area contributed by atoms with Gasteiger partial charge in [0.2, 0.25) is 0 Å². The highest BCUT2D eigenvalue weighted by atomic mass is 16.5. The Labute approximate surface area is 182 Å². The number of hydrogen-bond acceptors (Lipinski definition) is 3. The smallest absolute Gasteiger partial charge is 0.0673 e. The first kappa shape index (κ1) is 26.4. The molecule has 0 aromatic rings. The summed E-state index contributed by atoms with van der Waals surface area (Å²) in [6.45, 7) is 11.3. The highest BCUT2D eigenvalue weighted by Crippen LogP contribution is 2.09. The van der Waals surface area contributed by atoms with E-state index in [2.05, 4.69) is 55.0 Å². The van der Waals surface area contributed by atoms with Crippen LogP contribution in [0.4, 0.5) is 0 Å². The van der Waals surface area contributed by atoms with Gasteiger partial charge in [-0.05, 0) is 52.5 Å². The molecule has 3 heteroatoms. The molecule has 170 valence electrons. The Hall–Kier alpha value is -0.640. The third-order valence-corrected chi connectivity index (χ3v) is 5.86. The van der Waals surface area contributed by atoms with Crippen LogP contribution >= 0.6 is 0 Å². The lowest BCUT2D eigenvalue weighted by Crippen LogP contribution is -2.46. The summed E-state index contributed by atoms with van der Waals surface area (Å²) in [6.07, 6.45) is 25.4. The summed E-state index contributed by atoms with van der Waals surface area (Å²) in [5.74, 6) is 0. The van der Waals surface area contributed by atoms with Crippen LogP contribution < -0.4 is 0 Å². The maximum absolute atomic E-state index is 6.02. The Balaban J connectivity index is 1.80. The number of ether oxygens (including phenoxy) is 1. The third-order valence-electron chi connectivity index (χ3n) is 5.86. The summed E-state index contributed by atoms with van der Waals surface area (Å²) in [5, 5.41) is 0. The van der Waals surface area contributed by atoms with Crippen molar-refractivity contribution < 1.29 is 4.74 Å². The van der Waals surface area contributed by atoms with Gasteiger partial charge in [-0.3, -0.25) is 4.90 Å². The Kier molecular flexibility index (Phi) is 17.6. The molecular formula is C26H50N2O. The monoisotopic (exact) mass is 406 g/mol. The van der Waals surface area contributed by atoms with E-state index >= 15 is 0 Å². The summed E-state index contributed by atoms with van der Waals surface area (Å²) >= 11 is 0. The van der Waals surface area contributed by atoms with Crippen LogP contribution in [-0.2, 0) is 4.74 Å². The fraction of sp³-hybridized carbons (Fsp3) is 0.846. The molecule has 1 aliphatic rings. The summed E-state index contributed by atoms with van der Waals surface area (Å²) in [7, 11) is 2.21. The second-order valence-corrected chi connectivity index (χ2v) is 8.87. The first-order valence-electron chi connectivity index (χ1n) is 12.5. The van der Waals surface area contributed by atoms with Crippen molar-refractivity contribution in [3.63, 3.8) is 0 Å². The van der Waals surface area contributed by atoms with Gasteiger partial charge < -0.3 is 9.64 Å². The number of piperazine rings is 1. The topological polar surface area (TPSA) is 15.7 Å². The van der Waals surface area contributed by atoms with E-state index in [1.165, 1.54) is 96.8 Å². The normalized spacial score (nSPS) is 17.6. The van der Waals surface area contributed by atoms with Crippen molar-refractivity contribution in [1.29, 1.82) is 0 Å². The van der Waals surface area contributed by atoms with Gasteiger partial charge in [0.25, 0.3) is 0 Å². The minimum Gasteiger partial charge on any atom is -0.377 e. The van der Waals surface area contributed by atoms with Crippen LogP contribution in [0.3, 0.4) is 0 Å².